The van der Waals surface area contributed by atoms with Crippen molar-refractivity contribution >= 4 is 11.8 Å². The van der Waals surface area contributed by atoms with Crippen LogP contribution in [0, 0.1) is 17.5 Å². The zero-order valence-electron chi connectivity index (χ0n) is 17.6. The zero-order chi connectivity index (χ0) is 23.4. The first-order valence-corrected chi connectivity index (χ1v) is 10.5. The summed E-state index contributed by atoms with van der Waals surface area (Å²) in [6, 6.07) is 1.02. The molecule has 1 N–H and O–H groups in total. The first-order chi connectivity index (χ1) is 15.8. The van der Waals surface area contributed by atoms with Crippen molar-refractivity contribution in [3.8, 4) is 5.75 Å². The van der Waals surface area contributed by atoms with Gasteiger partial charge in [0.05, 0.1) is 19.8 Å². The van der Waals surface area contributed by atoms with Crippen LogP contribution in [0.15, 0.2) is 23.1 Å². The number of nitrogens with zero attached hydrogens (tertiary/aromatic N) is 2. The summed E-state index contributed by atoms with van der Waals surface area (Å²) >= 11 is 0. The summed E-state index contributed by atoms with van der Waals surface area (Å²) in [5, 5.41) is 2.27. The number of halogens is 3. The quantitative estimate of drug-likeness (QED) is 0.749. The van der Waals surface area contributed by atoms with E-state index in [1.807, 2.05) is 0 Å². The standard InChI is InChI=1S/C22H20F3N3O5/c1-32-20-18-22(31)28-11-2-3-12(6-11)33-17(28)9-27(18)8-14(19(20)29)21(30)26-7-13-15(24)4-10(23)5-16(13)25/h4-5,8,11-12,17H,2-3,6-7,9H2,1H3,(H,26,30)/t11-,12+,17+/m1/s1. The van der Waals surface area contributed by atoms with Crippen molar-refractivity contribution < 1.29 is 32.2 Å². The van der Waals surface area contributed by atoms with Gasteiger partial charge in [0.15, 0.2) is 17.7 Å². The van der Waals surface area contributed by atoms with Crippen LogP contribution in [-0.4, -0.2) is 46.8 Å². The Hall–Kier alpha value is -3.34. The maximum absolute atomic E-state index is 13.9. The summed E-state index contributed by atoms with van der Waals surface area (Å²) in [5.41, 5.74) is -1.71. The van der Waals surface area contributed by atoms with E-state index < -0.39 is 53.0 Å². The van der Waals surface area contributed by atoms with Crippen LogP contribution in [0.25, 0.3) is 0 Å². The number of pyridine rings is 1. The molecule has 11 heteroatoms. The Kier molecular flexibility index (Phi) is 5.15. The molecular weight excluding hydrogens is 443 g/mol. The molecule has 0 spiro atoms. The molecule has 5 rings (SSSR count). The second-order valence-electron chi connectivity index (χ2n) is 8.33. The van der Waals surface area contributed by atoms with E-state index in [0.717, 1.165) is 19.3 Å². The number of ether oxygens (including phenoxy) is 2. The summed E-state index contributed by atoms with van der Waals surface area (Å²) in [7, 11) is 1.22. The lowest BCUT2D eigenvalue weighted by Gasteiger charge is -2.44. The molecule has 3 atom stereocenters. The summed E-state index contributed by atoms with van der Waals surface area (Å²) in [6.07, 6.45) is 3.17. The van der Waals surface area contributed by atoms with Crippen LogP contribution in [0.1, 0.15) is 45.7 Å². The van der Waals surface area contributed by atoms with E-state index in [9.17, 15) is 27.6 Å². The zero-order valence-corrected chi connectivity index (χ0v) is 17.6. The van der Waals surface area contributed by atoms with E-state index in [2.05, 4.69) is 5.32 Å². The van der Waals surface area contributed by atoms with Gasteiger partial charge in [0.25, 0.3) is 11.8 Å². The van der Waals surface area contributed by atoms with E-state index in [1.165, 1.54) is 17.9 Å². The van der Waals surface area contributed by atoms with Crippen molar-refractivity contribution in [3.63, 3.8) is 0 Å². The summed E-state index contributed by atoms with van der Waals surface area (Å²) in [4.78, 5) is 40.6. The molecule has 2 amide bonds. The number of amides is 2. The third kappa shape index (κ3) is 3.47. The largest absolute Gasteiger partial charge is 0.491 e. The van der Waals surface area contributed by atoms with Crippen LogP contribution in [0.4, 0.5) is 13.2 Å². The predicted octanol–water partition coefficient (Wildman–Crippen LogP) is 1.94. The Bertz CT molecular complexity index is 1210. The van der Waals surface area contributed by atoms with Crippen LogP contribution in [0.5, 0.6) is 5.75 Å². The number of hydrogen-bond acceptors (Lipinski definition) is 5. The number of hydrogen-bond donors (Lipinski definition) is 1. The van der Waals surface area contributed by atoms with Gasteiger partial charge in [0.1, 0.15) is 23.0 Å². The Morgan fingerprint density at radius 3 is 2.64 bits per heavy atom. The van der Waals surface area contributed by atoms with E-state index in [0.29, 0.717) is 12.1 Å². The minimum Gasteiger partial charge on any atom is -0.491 e. The van der Waals surface area contributed by atoms with Gasteiger partial charge in [-0.15, -0.1) is 0 Å². The van der Waals surface area contributed by atoms with Crippen molar-refractivity contribution in [3.05, 3.63) is 62.8 Å². The minimum absolute atomic E-state index is 0.0262. The number of methoxy groups -OCH3 is 1. The second-order valence-corrected chi connectivity index (χ2v) is 8.33. The molecule has 1 saturated carbocycles. The summed E-state index contributed by atoms with van der Waals surface area (Å²) in [6.45, 7) is -0.408. The SMILES string of the molecule is COc1c2n(cc(C(=O)NCc3c(F)cc(F)cc3F)c1=O)C[C@@H]1O[C@H]3CC[C@H](C3)N1C2=O. The number of rotatable bonds is 4. The van der Waals surface area contributed by atoms with Gasteiger partial charge < -0.3 is 24.3 Å². The monoisotopic (exact) mass is 463 g/mol. The van der Waals surface area contributed by atoms with Gasteiger partial charge in [-0.2, -0.15) is 0 Å². The minimum atomic E-state index is -1.16. The average molecular weight is 463 g/mol. The number of carbonyl (C=O) groups is 2. The van der Waals surface area contributed by atoms with Crippen LogP contribution in [0.3, 0.4) is 0 Å². The highest BCUT2D eigenvalue weighted by Gasteiger charge is 2.47. The molecule has 2 bridgehead atoms. The highest BCUT2D eigenvalue weighted by molar-refractivity contribution is 5.99. The molecule has 8 nitrogen and oxygen atoms in total. The van der Waals surface area contributed by atoms with Crippen LogP contribution in [-0.2, 0) is 17.8 Å². The van der Waals surface area contributed by atoms with Gasteiger partial charge >= 0.3 is 0 Å². The number of fused-ring (bicyclic) bond motifs is 5. The number of aromatic nitrogens is 1. The fourth-order valence-electron chi connectivity index (χ4n) is 4.89. The van der Waals surface area contributed by atoms with Gasteiger partial charge in [0.2, 0.25) is 5.43 Å². The third-order valence-electron chi connectivity index (χ3n) is 6.42. The Balaban J connectivity index is 1.47. The average Bonchev–Trinajstić information content (AvgIpc) is 3.13. The highest BCUT2D eigenvalue weighted by Crippen LogP contribution is 2.38. The van der Waals surface area contributed by atoms with Crippen LogP contribution >= 0.6 is 0 Å². The van der Waals surface area contributed by atoms with E-state index >= 15 is 0 Å². The van der Waals surface area contributed by atoms with Crippen LogP contribution in [0.2, 0.25) is 0 Å². The molecular formula is C22H20F3N3O5. The van der Waals surface area contributed by atoms with Gasteiger partial charge in [-0.1, -0.05) is 0 Å². The molecule has 2 aliphatic heterocycles. The Morgan fingerprint density at radius 1 is 1.21 bits per heavy atom. The molecule has 1 aromatic carbocycles. The molecule has 1 aliphatic carbocycles. The van der Waals surface area contributed by atoms with Gasteiger partial charge in [-0.3, -0.25) is 14.4 Å². The van der Waals surface area contributed by atoms with E-state index in [1.54, 1.807) is 4.90 Å². The predicted molar refractivity (Wildman–Crippen MR) is 107 cm³/mol. The van der Waals surface area contributed by atoms with Gasteiger partial charge in [-0.05, 0) is 19.3 Å². The molecule has 3 heterocycles. The molecule has 3 aliphatic rings. The lowest BCUT2D eigenvalue weighted by Crippen LogP contribution is -2.57. The van der Waals surface area contributed by atoms with Crippen molar-refractivity contribution in [1.82, 2.24) is 14.8 Å². The van der Waals surface area contributed by atoms with Crippen LogP contribution < -0.4 is 15.5 Å². The lowest BCUT2D eigenvalue weighted by atomic mass is 10.1. The topological polar surface area (TPSA) is 89.9 Å². The van der Waals surface area contributed by atoms with Crippen molar-refractivity contribution in [1.29, 1.82) is 0 Å². The first-order valence-electron chi connectivity index (χ1n) is 10.5. The Morgan fingerprint density at radius 2 is 1.94 bits per heavy atom. The van der Waals surface area contributed by atoms with Crippen molar-refractivity contribution in [2.24, 2.45) is 0 Å². The molecule has 0 radical (unpaired) electrons. The first kappa shape index (κ1) is 21.5. The molecule has 1 saturated heterocycles. The third-order valence-corrected chi connectivity index (χ3v) is 6.42. The van der Waals surface area contributed by atoms with E-state index in [-0.39, 0.29) is 35.7 Å². The highest BCUT2D eigenvalue weighted by atomic mass is 19.1. The lowest BCUT2D eigenvalue weighted by molar-refractivity contribution is -0.132. The maximum atomic E-state index is 13.9. The smallest absolute Gasteiger partial charge is 0.276 e. The maximum Gasteiger partial charge on any atom is 0.276 e. The second kappa shape index (κ2) is 7.91. The number of benzene rings is 1. The van der Waals surface area contributed by atoms with Gasteiger partial charge in [-0.25, -0.2) is 13.2 Å². The Labute approximate surface area is 185 Å². The molecule has 174 valence electrons. The molecule has 0 unspecified atom stereocenters. The van der Waals surface area contributed by atoms with Crippen molar-refractivity contribution in [2.75, 3.05) is 7.11 Å². The fraction of sp³-hybridized carbons (Fsp3) is 0.409. The molecule has 33 heavy (non-hydrogen) atoms. The number of nitrogens with one attached hydrogen (secondary N) is 1. The van der Waals surface area contributed by atoms with Gasteiger partial charge in [0, 0.05) is 36.5 Å². The van der Waals surface area contributed by atoms with E-state index in [4.69, 9.17) is 9.47 Å². The molecule has 2 fully saturated rings. The molecule has 2 aromatic rings. The number of carbonyl (C=O) groups excluding carboxylic acids is 2. The van der Waals surface area contributed by atoms with Crippen molar-refractivity contribution in [2.45, 2.75) is 50.7 Å². The normalized spacial score (nSPS) is 23.2. The fourth-order valence-corrected chi connectivity index (χ4v) is 4.89. The summed E-state index contributed by atoms with van der Waals surface area (Å²) < 4.78 is 53.5. The summed E-state index contributed by atoms with van der Waals surface area (Å²) in [5.74, 6) is -5.03. The molecule has 1 aromatic heterocycles.